The van der Waals surface area contributed by atoms with Crippen LogP contribution < -0.4 is 5.32 Å². The number of carbonyl (C=O) groups is 2. The third kappa shape index (κ3) is 5.69. The standard InChI is InChI=1S/C26H28FN3O3S/c1-17(24(31)26(33)30-13-5-8-22(30)19-9-11-20(27)12-10-19)25(32)28-15-23-29-21(16-34-23)14-18-6-3-2-4-7-18/h2-4,6-7,9-12,16-17,22,24,31H,5,8,13-15H2,1H3,(H,28,32)/t17-,22?,24-/m1/s1. The first-order valence-corrected chi connectivity index (χ1v) is 12.3. The molecule has 4 rings (SSSR count). The minimum absolute atomic E-state index is 0.226. The molecule has 0 spiro atoms. The molecule has 1 fully saturated rings. The van der Waals surface area contributed by atoms with E-state index in [4.69, 9.17) is 0 Å². The molecule has 0 saturated carbocycles. The van der Waals surface area contributed by atoms with Crippen molar-refractivity contribution in [3.63, 3.8) is 0 Å². The quantitative estimate of drug-likeness (QED) is 0.512. The Labute approximate surface area is 202 Å². The van der Waals surface area contributed by atoms with Crippen molar-refractivity contribution in [3.05, 3.63) is 87.6 Å². The lowest BCUT2D eigenvalue weighted by molar-refractivity contribution is -0.148. The van der Waals surface area contributed by atoms with Gasteiger partial charge < -0.3 is 15.3 Å². The Kier molecular flexibility index (Phi) is 7.70. The molecule has 6 nitrogen and oxygen atoms in total. The molecule has 1 saturated heterocycles. The predicted molar refractivity (Wildman–Crippen MR) is 128 cm³/mol. The van der Waals surface area contributed by atoms with Gasteiger partial charge in [0.25, 0.3) is 5.91 Å². The highest BCUT2D eigenvalue weighted by molar-refractivity contribution is 7.09. The van der Waals surface area contributed by atoms with Crippen molar-refractivity contribution in [2.24, 2.45) is 5.92 Å². The number of aromatic nitrogens is 1. The van der Waals surface area contributed by atoms with E-state index in [1.807, 2.05) is 35.7 Å². The van der Waals surface area contributed by atoms with Crippen molar-refractivity contribution in [1.29, 1.82) is 0 Å². The molecule has 0 bridgehead atoms. The van der Waals surface area contributed by atoms with Crippen molar-refractivity contribution < 1.29 is 19.1 Å². The van der Waals surface area contributed by atoms with Gasteiger partial charge in [0.2, 0.25) is 5.91 Å². The number of halogens is 1. The fourth-order valence-electron chi connectivity index (χ4n) is 4.23. The Morgan fingerprint density at radius 1 is 1.21 bits per heavy atom. The van der Waals surface area contributed by atoms with Crippen LogP contribution in [-0.2, 0) is 22.6 Å². The zero-order valence-corrected chi connectivity index (χ0v) is 19.8. The Morgan fingerprint density at radius 3 is 2.68 bits per heavy atom. The molecule has 2 N–H and O–H groups in total. The number of hydrogen-bond acceptors (Lipinski definition) is 5. The first-order chi connectivity index (χ1) is 16.4. The third-order valence-corrected chi connectivity index (χ3v) is 7.07. The summed E-state index contributed by atoms with van der Waals surface area (Å²) in [5.41, 5.74) is 2.93. The highest BCUT2D eigenvalue weighted by Crippen LogP contribution is 2.33. The van der Waals surface area contributed by atoms with Gasteiger partial charge in [0.1, 0.15) is 16.9 Å². The van der Waals surface area contributed by atoms with Crippen LogP contribution in [0.1, 0.15) is 47.6 Å². The summed E-state index contributed by atoms with van der Waals surface area (Å²) in [5.74, 6) is -2.13. The number of nitrogens with one attached hydrogen (secondary N) is 1. The van der Waals surface area contributed by atoms with E-state index in [-0.39, 0.29) is 18.4 Å². The lowest BCUT2D eigenvalue weighted by Crippen LogP contribution is -2.46. The largest absolute Gasteiger partial charge is 0.382 e. The van der Waals surface area contributed by atoms with Crippen LogP contribution in [0.15, 0.2) is 60.0 Å². The molecule has 1 aromatic heterocycles. The van der Waals surface area contributed by atoms with Gasteiger partial charge in [0.05, 0.1) is 24.2 Å². The first-order valence-electron chi connectivity index (χ1n) is 11.4. The molecule has 0 aliphatic carbocycles. The van der Waals surface area contributed by atoms with E-state index in [9.17, 15) is 19.1 Å². The normalized spacial score (nSPS) is 17.4. The number of carbonyl (C=O) groups excluding carboxylic acids is 2. The maximum atomic E-state index is 13.3. The molecule has 2 aromatic carbocycles. The topological polar surface area (TPSA) is 82.5 Å². The van der Waals surface area contributed by atoms with Gasteiger partial charge in [-0.05, 0) is 36.1 Å². The molecule has 1 aliphatic rings. The van der Waals surface area contributed by atoms with Crippen molar-refractivity contribution in [2.45, 2.75) is 44.9 Å². The molecule has 3 aromatic rings. The molecule has 0 radical (unpaired) electrons. The first kappa shape index (κ1) is 24.0. The second-order valence-corrected chi connectivity index (χ2v) is 9.53. The van der Waals surface area contributed by atoms with Crippen LogP contribution in [-0.4, -0.2) is 39.5 Å². The summed E-state index contributed by atoms with van der Waals surface area (Å²) in [6.07, 6.45) is 0.794. The van der Waals surface area contributed by atoms with E-state index >= 15 is 0 Å². The second kappa shape index (κ2) is 10.9. The van der Waals surface area contributed by atoms with Crippen molar-refractivity contribution in [3.8, 4) is 0 Å². The number of rotatable bonds is 8. The summed E-state index contributed by atoms with van der Waals surface area (Å²) in [4.78, 5) is 31.8. The Morgan fingerprint density at radius 2 is 1.94 bits per heavy atom. The van der Waals surface area contributed by atoms with E-state index in [2.05, 4.69) is 10.3 Å². The number of hydrogen-bond donors (Lipinski definition) is 2. The average molecular weight is 482 g/mol. The van der Waals surface area contributed by atoms with E-state index in [0.717, 1.165) is 35.5 Å². The van der Waals surface area contributed by atoms with Crippen molar-refractivity contribution >= 4 is 23.2 Å². The Hall–Kier alpha value is -3.10. The lowest BCUT2D eigenvalue weighted by Gasteiger charge is -2.29. The molecule has 2 heterocycles. The molecule has 178 valence electrons. The molecular weight excluding hydrogens is 453 g/mol. The van der Waals surface area contributed by atoms with Gasteiger partial charge in [-0.3, -0.25) is 9.59 Å². The number of nitrogens with zero attached hydrogens (tertiary/aromatic N) is 2. The number of benzene rings is 2. The fraction of sp³-hybridized carbons (Fsp3) is 0.346. The van der Waals surface area contributed by atoms with Gasteiger partial charge in [-0.2, -0.15) is 0 Å². The number of amides is 2. The summed E-state index contributed by atoms with van der Waals surface area (Å²) in [6, 6.07) is 15.9. The monoisotopic (exact) mass is 481 g/mol. The number of thiazole rings is 1. The Balaban J connectivity index is 1.31. The van der Waals surface area contributed by atoms with Crippen LogP contribution in [0.3, 0.4) is 0 Å². The molecule has 2 amide bonds. The van der Waals surface area contributed by atoms with E-state index < -0.39 is 23.8 Å². The van der Waals surface area contributed by atoms with Gasteiger partial charge >= 0.3 is 0 Å². The molecule has 34 heavy (non-hydrogen) atoms. The SMILES string of the molecule is C[C@@H](C(=O)NCc1nc(Cc2ccccc2)cs1)[C@@H](O)C(=O)N1CCCC1c1ccc(F)cc1. The van der Waals surface area contributed by atoms with Gasteiger partial charge in [0.15, 0.2) is 0 Å². The minimum atomic E-state index is -1.45. The molecule has 3 atom stereocenters. The minimum Gasteiger partial charge on any atom is -0.382 e. The van der Waals surface area contributed by atoms with Gasteiger partial charge in [-0.1, -0.05) is 49.4 Å². The average Bonchev–Trinajstić information content (AvgIpc) is 3.52. The van der Waals surface area contributed by atoms with Crippen LogP contribution in [0.25, 0.3) is 0 Å². The number of aliphatic hydroxyl groups excluding tert-OH is 1. The maximum absolute atomic E-state index is 13.3. The van der Waals surface area contributed by atoms with Crippen molar-refractivity contribution in [1.82, 2.24) is 15.2 Å². The highest BCUT2D eigenvalue weighted by atomic mass is 32.1. The van der Waals surface area contributed by atoms with E-state index in [1.54, 1.807) is 24.0 Å². The molecule has 1 aliphatic heterocycles. The molecule has 1 unspecified atom stereocenters. The molecule has 8 heteroatoms. The summed E-state index contributed by atoms with van der Waals surface area (Å²) >= 11 is 1.47. The van der Waals surface area contributed by atoms with Crippen LogP contribution >= 0.6 is 11.3 Å². The number of likely N-dealkylation sites (tertiary alicyclic amines) is 1. The van der Waals surface area contributed by atoms with Crippen LogP contribution in [0, 0.1) is 11.7 Å². The van der Waals surface area contributed by atoms with Gasteiger partial charge in [-0.15, -0.1) is 11.3 Å². The highest BCUT2D eigenvalue weighted by Gasteiger charge is 2.37. The third-order valence-electron chi connectivity index (χ3n) is 6.17. The van der Waals surface area contributed by atoms with Crippen molar-refractivity contribution in [2.75, 3.05) is 6.54 Å². The van der Waals surface area contributed by atoms with Crippen LogP contribution in [0.4, 0.5) is 4.39 Å². The zero-order valence-electron chi connectivity index (χ0n) is 19.0. The summed E-state index contributed by atoms with van der Waals surface area (Å²) in [5, 5.41) is 16.2. The second-order valence-electron chi connectivity index (χ2n) is 8.59. The summed E-state index contributed by atoms with van der Waals surface area (Å²) in [7, 11) is 0. The Bertz CT molecular complexity index is 1120. The lowest BCUT2D eigenvalue weighted by atomic mass is 10.0. The predicted octanol–water partition coefficient (Wildman–Crippen LogP) is 3.85. The smallest absolute Gasteiger partial charge is 0.252 e. The molecular formula is C26H28FN3O3S. The van der Waals surface area contributed by atoms with E-state index in [0.29, 0.717) is 6.54 Å². The van der Waals surface area contributed by atoms with Gasteiger partial charge in [-0.25, -0.2) is 9.37 Å². The summed E-state index contributed by atoms with van der Waals surface area (Å²) in [6.45, 7) is 2.28. The number of aliphatic hydroxyl groups is 1. The van der Waals surface area contributed by atoms with Crippen LogP contribution in [0.2, 0.25) is 0 Å². The van der Waals surface area contributed by atoms with E-state index in [1.165, 1.54) is 29.0 Å². The van der Waals surface area contributed by atoms with Gasteiger partial charge in [0, 0.05) is 18.3 Å². The summed E-state index contributed by atoms with van der Waals surface area (Å²) < 4.78 is 13.3. The maximum Gasteiger partial charge on any atom is 0.252 e. The zero-order chi connectivity index (χ0) is 24.1. The fourth-order valence-corrected chi connectivity index (χ4v) is 4.96. The van der Waals surface area contributed by atoms with Crippen LogP contribution in [0.5, 0.6) is 0 Å².